The van der Waals surface area contributed by atoms with Crippen molar-refractivity contribution in [1.29, 1.82) is 0 Å². The van der Waals surface area contributed by atoms with Crippen LogP contribution in [0.3, 0.4) is 0 Å². The lowest BCUT2D eigenvalue weighted by Crippen LogP contribution is -2.54. The molecule has 8 heteroatoms. The highest BCUT2D eigenvalue weighted by Gasteiger charge is 2.48. The Morgan fingerprint density at radius 1 is 1.10 bits per heavy atom. The van der Waals surface area contributed by atoms with E-state index in [1.807, 2.05) is 12.1 Å². The van der Waals surface area contributed by atoms with Crippen LogP contribution in [0.2, 0.25) is 0 Å². The molecule has 1 heterocycles. The van der Waals surface area contributed by atoms with Gasteiger partial charge in [-0.1, -0.05) is 30.3 Å². The summed E-state index contributed by atoms with van der Waals surface area (Å²) in [7, 11) is -3.23. The lowest BCUT2D eigenvalue weighted by Gasteiger charge is -2.39. The van der Waals surface area contributed by atoms with Crippen molar-refractivity contribution in [3.63, 3.8) is 0 Å². The quantitative estimate of drug-likeness (QED) is 0.782. The molecule has 2 unspecified atom stereocenters. The number of halogens is 2. The highest BCUT2D eigenvalue weighted by atomic mass is 32.2. The zero-order valence-corrected chi connectivity index (χ0v) is 16.8. The molecule has 5 nitrogen and oxygen atoms in total. The number of hydrogen-bond donors (Lipinski definition) is 1. The van der Waals surface area contributed by atoms with E-state index in [0.717, 1.165) is 11.8 Å². The molecule has 154 valence electrons. The van der Waals surface area contributed by atoms with Gasteiger partial charge in [0.1, 0.15) is 11.6 Å². The van der Waals surface area contributed by atoms with Crippen LogP contribution in [0, 0.1) is 23.5 Å². The fourth-order valence-electron chi connectivity index (χ4n) is 4.00. The summed E-state index contributed by atoms with van der Waals surface area (Å²) in [6.07, 6.45) is 1.76. The SMILES string of the molecule is CS(=O)(=O)NCC1CN(C(=O)C2CC2c2ccccc2-c2c(F)cccc2F)C1. The van der Waals surface area contributed by atoms with Crippen LogP contribution in [-0.2, 0) is 14.8 Å². The summed E-state index contributed by atoms with van der Waals surface area (Å²) in [4.78, 5) is 14.5. The Morgan fingerprint density at radius 3 is 2.41 bits per heavy atom. The van der Waals surface area contributed by atoms with E-state index in [0.29, 0.717) is 31.6 Å². The minimum absolute atomic E-state index is 0.0226. The van der Waals surface area contributed by atoms with E-state index in [9.17, 15) is 22.0 Å². The van der Waals surface area contributed by atoms with Crippen LogP contribution in [-0.4, -0.2) is 45.1 Å². The number of amides is 1. The number of carbonyl (C=O) groups excluding carboxylic acids is 1. The molecule has 1 N–H and O–H groups in total. The van der Waals surface area contributed by atoms with Crippen molar-refractivity contribution >= 4 is 15.9 Å². The summed E-state index contributed by atoms with van der Waals surface area (Å²) in [5.74, 6) is -1.37. The van der Waals surface area contributed by atoms with Crippen LogP contribution in [0.1, 0.15) is 17.9 Å². The van der Waals surface area contributed by atoms with Gasteiger partial charge in [-0.2, -0.15) is 0 Å². The number of nitrogens with one attached hydrogen (secondary N) is 1. The average Bonchev–Trinajstić information content (AvgIpc) is 3.40. The summed E-state index contributed by atoms with van der Waals surface area (Å²) >= 11 is 0. The van der Waals surface area contributed by atoms with Crippen molar-refractivity contribution in [2.75, 3.05) is 25.9 Å². The molecule has 2 aromatic rings. The summed E-state index contributed by atoms with van der Waals surface area (Å²) in [5.41, 5.74) is 1.21. The zero-order chi connectivity index (χ0) is 20.8. The third kappa shape index (κ3) is 4.18. The maximum atomic E-state index is 14.3. The van der Waals surface area contributed by atoms with E-state index in [2.05, 4.69) is 4.72 Å². The van der Waals surface area contributed by atoms with Crippen LogP contribution in [0.15, 0.2) is 42.5 Å². The van der Waals surface area contributed by atoms with Crippen LogP contribution in [0.25, 0.3) is 11.1 Å². The van der Waals surface area contributed by atoms with E-state index < -0.39 is 21.7 Å². The van der Waals surface area contributed by atoms with E-state index in [1.54, 1.807) is 17.0 Å². The molecule has 0 radical (unpaired) electrons. The number of hydrogen-bond acceptors (Lipinski definition) is 3. The Bertz CT molecular complexity index is 1030. The molecule has 1 aliphatic carbocycles. The highest BCUT2D eigenvalue weighted by Crippen LogP contribution is 2.52. The van der Waals surface area contributed by atoms with Crippen molar-refractivity contribution in [2.24, 2.45) is 11.8 Å². The van der Waals surface area contributed by atoms with Gasteiger partial charge in [-0.25, -0.2) is 21.9 Å². The third-order valence-corrected chi connectivity index (χ3v) is 6.29. The van der Waals surface area contributed by atoms with E-state index in [1.165, 1.54) is 18.2 Å². The Balaban J connectivity index is 1.44. The van der Waals surface area contributed by atoms with Gasteiger partial charge in [-0.15, -0.1) is 0 Å². The first kappa shape index (κ1) is 20.0. The number of benzene rings is 2. The lowest BCUT2D eigenvalue weighted by atomic mass is 9.94. The first-order valence-electron chi connectivity index (χ1n) is 9.51. The number of nitrogens with zero attached hydrogens (tertiary/aromatic N) is 1. The number of sulfonamides is 1. The van der Waals surface area contributed by atoms with Crippen LogP contribution >= 0.6 is 0 Å². The van der Waals surface area contributed by atoms with Crippen LogP contribution in [0.5, 0.6) is 0 Å². The Morgan fingerprint density at radius 2 is 1.76 bits per heavy atom. The monoisotopic (exact) mass is 420 g/mol. The van der Waals surface area contributed by atoms with Crippen molar-refractivity contribution in [3.05, 3.63) is 59.7 Å². The largest absolute Gasteiger partial charge is 0.342 e. The maximum Gasteiger partial charge on any atom is 0.226 e. The van der Waals surface area contributed by atoms with Gasteiger partial charge in [0.2, 0.25) is 15.9 Å². The maximum absolute atomic E-state index is 14.3. The topological polar surface area (TPSA) is 66.5 Å². The summed E-state index contributed by atoms with van der Waals surface area (Å²) in [6, 6.07) is 10.9. The smallest absolute Gasteiger partial charge is 0.226 e. The minimum atomic E-state index is -3.23. The first-order chi connectivity index (χ1) is 13.7. The van der Waals surface area contributed by atoms with Gasteiger partial charge in [0, 0.05) is 31.5 Å². The predicted octanol–water partition coefficient (Wildman–Crippen LogP) is 2.74. The summed E-state index contributed by atoms with van der Waals surface area (Å²) in [5, 5.41) is 0. The van der Waals surface area contributed by atoms with E-state index in [4.69, 9.17) is 0 Å². The second-order valence-corrected chi connectivity index (χ2v) is 9.70. The van der Waals surface area contributed by atoms with Gasteiger partial charge in [0.15, 0.2) is 0 Å². The molecule has 1 saturated heterocycles. The molecular formula is C21H22F2N2O3S. The van der Waals surface area contributed by atoms with Crippen LogP contribution < -0.4 is 4.72 Å². The number of carbonyl (C=O) groups is 1. The fourth-order valence-corrected chi connectivity index (χ4v) is 4.54. The van der Waals surface area contributed by atoms with Crippen molar-refractivity contribution in [1.82, 2.24) is 9.62 Å². The third-order valence-electron chi connectivity index (χ3n) is 5.60. The van der Waals surface area contributed by atoms with Crippen molar-refractivity contribution in [2.45, 2.75) is 12.3 Å². The van der Waals surface area contributed by atoms with Crippen molar-refractivity contribution < 1.29 is 22.0 Å². The molecule has 2 fully saturated rings. The number of likely N-dealkylation sites (tertiary alicyclic amines) is 1. The van der Waals surface area contributed by atoms with Gasteiger partial charge >= 0.3 is 0 Å². The Hall–Kier alpha value is -2.32. The standard InChI is InChI=1S/C21H22F2N2O3S/c1-29(27,28)24-10-13-11-25(12-13)21(26)17-9-16(17)14-5-2-3-6-15(14)20-18(22)7-4-8-19(20)23/h2-8,13,16-17,24H,9-12H2,1H3. The van der Waals surface area contributed by atoms with E-state index >= 15 is 0 Å². The molecule has 1 amide bonds. The van der Waals surface area contributed by atoms with Gasteiger partial charge in [-0.05, 0) is 35.6 Å². The highest BCUT2D eigenvalue weighted by molar-refractivity contribution is 7.88. The van der Waals surface area contributed by atoms with Gasteiger partial charge in [0.05, 0.1) is 11.8 Å². The molecule has 1 aliphatic heterocycles. The molecule has 0 aromatic heterocycles. The second kappa shape index (κ2) is 7.50. The normalized spacial score (nSPS) is 21.7. The molecule has 29 heavy (non-hydrogen) atoms. The average molecular weight is 420 g/mol. The van der Waals surface area contributed by atoms with Gasteiger partial charge in [-0.3, -0.25) is 4.79 Å². The van der Waals surface area contributed by atoms with Gasteiger partial charge < -0.3 is 4.90 Å². The predicted molar refractivity (Wildman–Crippen MR) is 106 cm³/mol. The molecule has 0 bridgehead atoms. The molecule has 1 saturated carbocycles. The molecule has 4 rings (SSSR count). The Kier molecular flexibility index (Phi) is 5.16. The second-order valence-electron chi connectivity index (χ2n) is 7.86. The van der Waals surface area contributed by atoms with Crippen molar-refractivity contribution in [3.8, 4) is 11.1 Å². The molecule has 0 spiro atoms. The zero-order valence-electron chi connectivity index (χ0n) is 15.9. The van der Waals surface area contributed by atoms with Crippen LogP contribution in [0.4, 0.5) is 8.78 Å². The molecular weight excluding hydrogens is 398 g/mol. The first-order valence-corrected chi connectivity index (χ1v) is 11.4. The van der Waals surface area contributed by atoms with Gasteiger partial charge in [0.25, 0.3) is 0 Å². The minimum Gasteiger partial charge on any atom is -0.342 e. The molecule has 2 atom stereocenters. The summed E-state index contributed by atoms with van der Waals surface area (Å²) in [6.45, 7) is 1.37. The molecule has 2 aromatic carbocycles. The summed E-state index contributed by atoms with van der Waals surface area (Å²) < 4.78 is 53.4. The van der Waals surface area contributed by atoms with E-state index in [-0.39, 0.29) is 29.2 Å². The fraction of sp³-hybridized carbons (Fsp3) is 0.381. The lowest BCUT2D eigenvalue weighted by molar-refractivity contribution is -0.138. The number of rotatable bonds is 6. The molecule has 2 aliphatic rings. The Labute approximate surface area is 168 Å².